The summed E-state index contributed by atoms with van der Waals surface area (Å²) < 4.78 is 34.9. The highest BCUT2D eigenvalue weighted by atomic mass is 127. The highest BCUT2D eigenvalue weighted by Gasteiger charge is 2.11. The van der Waals surface area contributed by atoms with E-state index in [2.05, 4.69) is 25.3 Å². The molecule has 1 aromatic carbocycles. The number of rotatable bonds is 8. The SMILES string of the molecule is CCNC(=NCc1ccc(OC)cc1OC(F)F)NCc1ccccn1.I. The van der Waals surface area contributed by atoms with Gasteiger partial charge < -0.3 is 20.1 Å². The summed E-state index contributed by atoms with van der Waals surface area (Å²) >= 11 is 0. The smallest absolute Gasteiger partial charge is 0.387 e. The molecule has 0 saturated heterocycles. The number of pyridine rings is 1. The molecule has 1 heterocycles. The number of alkyl halides is 2. The minimum atomic E-state index is -2.92. The van der Waals surface area contributed by atoms with Crippen LogP contribution < -0.4 is 20.1 Å². The van der Waals surface area contributed by atoms with E-state index >= 15 is 0 Å². The summed E-state index contributed by atoms with van der Waals surface area (Å²) in [6, 6.07) is 10.4. The number of ether oxygens (including phenoxy) is 2. The number of aliphatic imine (C=N–C) groups is 1. The van der Waals surface area contributed by atoms with E-state index in [0.717, 1.165) is 5.69 Å². The second-order valence-electron chi connectivity index (χ2n) is 5.22. The van der Waals surface area contributed by atoms with E-state index in [-0.39, 0.29) is 36.3 Å². The monoisotopic (exact) mass is 492 g/mol. The van der Waals surface area contributed by atoms with Crippen molar-refractivity contribution in [2.75, 3.05) is 13.7 Å². The third-order valence-electron chi connectivity index (χ3n) is 3.41. The van der Waals surface area contributed by atoms with Crippen LogP contribution in [0.25, 0.3) is 0 Å². The number of hydrogen-bond acceptors (Lipinski definition) is 4. The van der Waals surface area contributed by atoms with Crippen molar-refractivity contribution in [2.45, 2.75) is 26.6 Å². The van der Waals surface area contributed by atoms with Crippen LogP contribution in [0.15, 0.2) is 47.6 Å². The summed E-state index contributed by atoms with van der Waals surface area (Å²) in [7, 11) is 1.46. The average Bonchev–Trinajstić information content (AvgIpc) is 2.65. The minimum absolute atomic E-state index is 0. The highest BCUT2D eigenvalue weighted by molar-refractivity contribution is 14.0. The second-order valence-corrected chi connectivity index (χ2v) is 5.22. The molecule has 0 saturated carbocycles. The Kier molecular flexibility index (Phi) is 10.4. The van der Waals surface area contributed by atoms with Crippen molar-refractivity contribution in [1.82, 2.24) is 15.6 Å². The molecule has 0 unspecified atom stereocenters. The Hall–Kier alpha value is -2.17. The van der Waals surface area contributed by atoms with Crippen molar-refractivity contribution in [3.63, 3.8) is 0 Å². The average molecular weight is 492 g/mol. The molecule has 0 aliphatic heterocycles. The lowest BCUT2D eigenvalue weighted by atomic mass is 10.2. The molecule has 0 aliphatic rings. The largest absolute Gasteiger partial charge is 0.497 e. The Labute approximate surface area is 174 Å². The third kappa shape index (κ3) is 7.94. The van der Waals surface area contributed by atoms with Gasteiger partial charge in [-0.1, -0.05) is 6.07 Å². The number of nitrogens with one attached hydrogen (secondary N) is 2. The second kappa shape index (κ2) is 12.3. The van der Waals surface area contributed by atoms with Gasteiger partial charge in [-0.05, 0) is 31.2 Å². The number of aromatic nitrogens is 1. The summed E-state index contributed by atoms with van der Waals surface area (Å²) in [4.78, 5) is 8.66. The molecule has 0 fully saturated rings. The van der Waals surface area contributed by atoms with Crippen LogP contribution in [0, 0.1) is 0 Å². The van der Waals surface area contributed by atoms with Crippen molar-refractivity contribution in [2.24, 2.45) is 4.99 Å². The van der Waals surface area contributed by atoms with Crippen LogP contribution in [-0.4, -0.2) is 31.2 Å². The molecule has 1 aromatic heterocycles. The lowest BCUT2D eigenvalue weighted by Crippen LogP contribution is -2.37. The van der Waals surface area contributed by atoms with Crippen molar-refractivity contribution in [1.29, 1.82) is 0 Å². The van der Waals surface area contributed by atoms with Crippen LogP contribution in [0.2, 0.25) is 0 Å². The Morgan fingerprint density at radius 2 is 2.04 bits per heavy atom. The summed E-state index contributed by atoms with van der Waals surface area (Å²) in [6.07, 6.45) is 1.71. The quantitative estimate of drug-likeness (QED) is 0.335. The standard InChI is InChI=1S/C18H22F2N4O2.HI/c1-3-21-18(24-12-14-6-4-5-9-22-14)23-11-13-7-8-15(25-2)10-16(13)26-17(19)20;/h4-10,17H,3,11-12H2,1-2H3,(H2,21,23,24);1H. The molecule has 27 heavy (non-hydrogen) atoms. The van der Waals surface area contributed by atoms with Crippen LogP contribution in [0.5, 0.6) is 11.5 Å². The molecule has 0 atom stereocenters. The predicted molar refractivity (Wildman–Crippen MR) is 111 cm³/mol. The fourth-order valence-electron chi connectivity index (χ4n) is 2.18. The van der Waals surface area contributed by atoms with Crippen molar-refractivity contribution < 1.29 is 18.3 Å². The van der Waals surface area contributed by atoms with Crippen LogP contribution in [0.3, 0.4) is 0 Å². The van der Waals surface area contributed by atoms with Gasteiger partial charge in [0.15, 0.2) is 5.96 Å². The van der Waals surface area contributed by atoms with Crippen molar-refractivity contribution >= 4 is 29.9 Å². The Bertz CT molecular complexity index is 718. The zero-order valence-electron chi connectivity index (χ0n) is 15.1. The van der Waals surface area contributed by atoms with E-state index in [1.165, 1.54) is 13.2 Å². The molecule has 2 rings (SSSR count). The molecular formula is C18H23F2IN4O2. The van der Waals surface area contributed by atoms with Gasteiger partial charge in [0.25, 0.3) is 0 Å². The lowest BCUT2D eigenvalue weighted by Gasteiger charge is -2.13. The van der Waals surface area contributed by atoms with Gasteiger partial charge in [-0.15, -0.1) is 24.0 Å². The molecule has 2 aromatic rings. The Morgan fingerprint density at radius 3 is 2.67 bits per heavy atom. The number of nitrogens with zero attached hydrogens (tertiary/aromatic N) is 2. The van der Waals surface area contributed by atoms with Crippen LogP contribution in [0.1, 0.15) is 18.2 Å². The summed E-state index contributed by atoms with van der Waals surface area (Å²) in [6.45, 7) is 0.355. The maximum Gasteiger partial charge on any atom is 0.387 e. The lowest BCUT2D eigenvalue weighted by molar-refractivity contribution is -0.0505. The summed E-state index contributed by atoms with van der Waals surface area (Å²) in [5, 5.41) is 6.26. The molecule has 0 radical (unpaired) electrons. The number of guanidine groups is 1. The maximum absolute atomic E-state index is 12.6. The maximum atomic E-state index is 12.6. The van der Waals surface area contributed by atoms with Gasteiger partial charge in [0.1, 0.15) is 11.5 Å². The number of hydrogen-bond donors (Lipinski definition) is 2. The third-order valence-corrected chi connectivity index (χ3v) is 3.41. The first-order valence-electron chi connectivity index (χ1n) is 8.16. The fourth-order valence-corrected chi connectivity index (χ4v) is 2.18. The van der Waals surface area contributed by atoms with Gasteiger partial charge in [-0.3, -0.25) is 4.98 Å². The van der Waals surface area contributed by atoms with Gasteiger partial charge in [-0.2, -0.15) is 8.78 Å². The topological polar surface area (TPSA) is 67.8 Å². The number of methoxy groups -OCH3 is 1. The van der Waals surface area contributed by atoms with Crippen molar-refractivity contribution in [3.05, 3.63) is 53.9 Å². The van der Waals surface area contributed by atoms with Crippen LogP contribution >= 0.6 is 24.0 Å². The van der Waals surface area contributed by atoms with E-state index in [1.807, 2.05) is 25.1 Å². The molecule has 0 spiro atoms. The molecule has 148 valence electrons. The van der Waals surface area contributed by atoms with Gasteiger partial charge in [0.2, 0.25) is 0 Å². The van der Waals surface area contributed by atoms with Crippen molar-refractivity contribution in [3.8, 4) is 11.5 Å². The molecule has 0 amide bonds. The first-order chi connectivity index (χ1) is 12.6. The zero-order chi connectivity index (χ0) is 18.8. The number of benzene rings is 1. The first-order valence-corrected chi connectivity index (χ1v) is 8.16. The van der Waals surface area contributed by atoms with E-state index in [1.54, 1.807) is 18.3 Å². The van der Waals surface area contributed by atoms with Gasteiger partial charge in [-0.25, -0.2) is 4.99 Å². The van der Waals surface area contributed by atoms with E-state index in [0.29, 0.717) is 30.4 Å². The Morgan fingerprint density at radius 1 is 1.22 bits per heavy atom. The van der Waals surface area contributed by atoms with Crippen LogP contribution in [-0.2, 0) is 13.1 Å². The Balaban J connectivity index is 0.00000364. The summed E-state index contributed by atoms with van der Waals surface area (Å²) in [5.74, 6) is 1.04. The van der Waals surface area contributed by atoms with Gasteiger partial charge in [0, 0.05) is 24.4 Å². The minimum Gasteiger partial charge on any atom is -0.497 e. The first kappa shape index (κ1) is 22.9. The molecule has 0 aliphatic carbocycles. The van der Waals surface area contributed by atoms with Gasteiger partial charge >= 0.3 is 6.61 Å². The molecule has 2 N–H and O–H groups in total. The predicted octanol–water partition coefficient (Wildman–Crippen LogP) is 3.56. The van der Waals surface area contributed by atoms with E-state index in [9.17, 15) is 8.78 Å². The molecule has 9 heteroatoms. The summed E-state index contributed by atoms with van der Waals surface area (Å²) in [5.41, 5.74) is 1.39. The highest BCUT2D eigenvalue weighted by Crippen LogP contribution is 2.27. The van der Waals surface area contributed by atoms with Gasteiger partial charge in [0.05, 0.1) is 25.9 Å². The fraction of sp³-hybridized carbons (Fsp3) is 0.333. The van der Waals surface area contributed by atoms with E-state index in [4.69, 9.17) is 4.74 Å². The van der Waals surface area contributed by atoms with E-state index < -0.39 is 6.61 Å². The van der Waals surface area contributed by atoms with Crippen LogP contribution in [0.4, 0.5) is 8.78 Å². The molecule has 6 nitrogen and oxygen atoms in total. The normalized spacial score (nSPS) is 10.9. The zero-order valence-corrected chi connectivity index (χ0v) is 17.4. The number of halogens is 3. The molecule has 0 bridgehead atoms. The molecular weight excluding hydrogens is 469 g/mol.